The Morgan fingerprint density at radius 3 is 2.73 bits per heavy atom. The third kappa shape index (κ3) is 2.11. The van der Waals surface area contributed by atoms with Crippen molar-refractivity contribution in [3.05, 3.63) is 17.1 Å². The lowest BCUT2D eigenvalue weighted by molar-refractivity contribution is 0.653. The van der Waals surface area contributed by atoms with Gasteiger partial charge in [-0.25, -0.2) is 9.97 Å². The molecule has 0 bridgehead atoms. The van der Waals surface area contributed by atoms with Gasteiger partial charge in [0.05, 0.1) is 0 Å². The van der Waals surface area contributed by atoms with Gasteiger partial charge in [-0.15, -0.1) is 0 Å². The summed E-state index contributed by atoms with van der Waals surface area (Å²) in [6.07, 6.45) is 6.92. The first kappa shape index (κ1) is 10.4. The molecule has 0 spiro atoms. The number of rotatable bonds is 3. The van der Waals surface area contributed by atoms with E-state index in [9.17, 15) is 0 Å². The van der Waals surface area contributed by atoms with Gasteiger partial charge in [-0.1, -0.05) is 6.92 Å². The lowest BCUT2D eigenvalue weighted by Crippen LogP contribution is -2.13. The Bertz CT molecular complexity index is 330. The van der Waals surface area contributed by atoms with Gasteiger partial charge in [0.2, 0.25) is 0 Å². The molecule has 0 saturated heterocycles. The molecule has 1 aromatic heterocycles. The van der Waals surface area contributed by atoms with Gasteiger partial charge >= 0.3 is 0 Å². The van der Waals surface area contributed by atoms with Crippen LogP contribution in [0.5, 0.6) is 0 Å². The van der Waals surface area contributed by atoms with E-state index in [2.05, 4.69) is 22.2 Å². The number of aromatic nitrogens is 2. The van der Waals surface area contributed by atoms with Crippen molar-refractivity contribution in [1.29, 1.82) is 0 Å². The fourth-order valence-electron chi connectivity index (χ4n) is 2.19. The van der Waals surface area contributed by atoms with Gasteiger partial charge in [-0.3, -0.25) is 0 Å². The minimum Gasteiger partial charge on any atom is -0.373 e. The van der Waals surface area contributed by atoms with E-state index < -0.39 is 0 Å². The molecule has 1 aromatic rings. The predicted octanol–water partition coefficient (Wildman–Crippen LogP) is 2.35. The topological polar surface area (TPSA) is 37.8 Å². The van der Waals surface area contributed by atoms with Crippen LogP contribution < -0.4 is 5.32 Å². The first-order valence-electron chi connectivity index (χ1n) is 5.91. The second-order valence-electron chi connectivity index (χ2n) is 4.12. The minimum atomic E-state index is 0.988. The summed E-state index contributed by atoms with van der Waals surface area (Å²) in [5.41, 5.74) is 2.63. The van der Waals surface area contributed by atoms with Gasteiger partial charge < -0.3 is 5.32 Å². The maximum Gasteiger partial charge on any atom is 0.132 e. The average molecular weight is 205 g/mol. The largest absolute Gasteiger partial charge is 0.373 e. The molecule has 1 aliphatic carbocycles. The number of aryl methyl sites for hydroxylation is 2. The smallest absolute Gasteiger partial charge is 0.132 e. The van der Waals surface area contributed by atoms with Gasteiger partial charge in [0.1, 0.15) is 11.6 Å². The molecule has 1 heterocycles. The van der Waals surface area contributed by atoms with E-state index in [0.717, 1.165) is 37.3 Å². The highest BCUT2D eigenvalue weighted by atomic mass is 15.0. The van der Waals surface area contributed by atoms with E-state index in [1.165, 1.54) is 24.1 Å². The summed E-state index contributed by atoms with van der Waals surface area (Å²) >= 11 is 0. The lowest BCUT2D eigenvalue weighted by atomic mass is 9.96. The third-order valence-electron chi connectivity index (χ3n) is 2.94. The number of hydrogen-bond acceptors (Lipinski definition) is 3. The molecule has 1 aliphatic rings. The molecule has 2 rings (SSSR count). The third-order valence-corrected chi connectivity index (χ3v) is 2.94. The van der Waals surface area contributed by atoms with Gasteiger partial charge in [-0.05, 0) is 32.1 Å². The van der Waals surface area contributed by atoms with Crippen LogP contribution in [0.1, 0.15) is 43.3 Å². The zero-order chi connectivity index (χ0) is 10.7. The van der Waals surface area contributed by atoms with Gasteiger partial charge in [0, 0.05) is 24.7 Å². The second-order valence-corrected chi connectivity index (χ2v) is 4.12. The number of nitrogens with zero attached hydrogens (tertiary/aromatic N) is 2. The summed E-state index contributed by atoms with van der Waals surface area (Å²) in [5, 5.41) is 3.20. The minimum absolute atomic E-state index is 0.988. The molecule has 0 fully saturated rings. The Balaban J connectivity index is 2.38. The van der Waals surface area contributed by atoms with E-state index in [1.54, 1.807) is 0 Å². The zero-order valence-electron chi connectivity index (χ0n) is 9.64. The van der Waals surface area contributed by atoms with Crippen LogP contribution in [-0.4, -0.2) is 17.0 Å². The van der Waals surface area contributed by atoms with Crippen molar-refractivity contribution in [1.82, 2.24) is 9.97 Å². The van der Waals surface area contributed by atoms with Crippen molar-refractivity contribution in [3.63, 3.8) is 0 Å². The summed E-state index contributed by atoms with van der Waals surface area (Å²) in [4.78, 5) is 9.23. The molecule has 15 heavy (non-hydrogen) atoms. The fourth-order valence-corrected chi connectivity index (χ4v) is 2.19. The van der Waals surface area contributed by atoms with Crippen LogP contribution >= 0.6 is 0 Å². The Morgan fingerprint density at radius 2 is 2.00 bits per heavy atom. The Labute approximate surface area is 91.3 Å². The van der Waals surface area contributed by atoms with Crippen molar-refractivity contribution in [2.75, 3.05) is 12.4 Å². The molecule has 0 amide bonds. The van der Waals surface area contributed by atoms with Gasteiger partial charge in [0.25, 0.3) is 0 Å². The molecular weight excluding hydrogens is 186 g/mol. The fraction of sp³-hybridized carbons (Fsp3) is 0.667. The highest BCUT2D eigenvalue weighted by Crippen LogP contribution is 2.25. The highest BCUT2D eigenvalue weighted by molar-refractivity contribution is 5.47. The first-order valence-corrected chi connectivity index (χ1v) is 5.91. The maximum atomic E-state index is 4.66. The van der Waals surface area contributed by atoms with Crippen molar-refractivity contribution in [3.8, 4) is 0 Å². The van der Waals surface area contributed by atoms with Crippen LogP contribution in [0.15, 0.2) is 0 Å². The predicted molar refractivity (Wildman–Crippen MR) is 62.2 cm³/mol. The van der Waals surface area contributed by atoms with Crippen molar-refractivity contribution in [2.45, 2.75) is 45.4 Å². The van der Waals surface area contributed by atoms with Gasteiger partial charge in [-0.2, -0.15) is 0 Å². The number of fused-ring (bicyclic) bond motifs is 1. The first-order chi connectivity index (χ1) is 7.35. The standard InChI is InChI=1S/C12H19N3/c1-3-6-11-14-10-8-5-4-7-9(10)12(13-2)15-11/h3-8H2,1-2H3,(H,13,14,15). The number of hydrogen-bond donors (Lipinski definition) is 1. The summed E-state index contributed by atoms with van der Waals surface area (Å²) in [6.45, 7) is 2.17. The number of nitrogens with one attached hydrogen (secondary N) is 1. The molecule has 3 heteroatoms. The van der Waals surface area contributed by atoms with Crippen LogP contribution in [0.4, 0.5) is 5.82 Å². The molecule has 0 radical (unpaired) electrons. The molecule has 0 unspecified atom stereocenters. The molecular formula is C12H19N3. The Morgan fingerprint density at radius 1 is 1.20 bits per heavy atom. The summed E-state index contributed by atoms with van der Waals surface area (Å²) in [5.74, 6) is 2.06. The quantitative estimate of drug-likeness (QED) is 0.823. The van der Waals surface area contributed by atoms with Crippen molar-refractivity contribution >= 4 is 5.82 Å². The summed E-state index contributed by atoms with van der Waals surface area (Å²) < 4.78 is 0. The van der Waals surface area contributed by atoms with Crippen LogP contribution in [-0.2, 0) is 19.3 Å². The monoisotopic (exact) mass is 205 g/mol. The van der Waals surface area contributed by atoms with Crippen LogP contribution in [0.25, 0.3) is 0 Å². The van der Waals surface area contributed by atoms with Gasteiger partial charge in [0.15, 0.2) is 0 Å². The van der Waals surface area contributed by atoms with E-state index in [0.29, 0.717) is 0 Å². The Hall–Kier alpha value is -1.12. The van der Waals surface area contributed by atoms with Crippen molar-refractivity contribution in [2.24, 2.45) is 0 Å². The van der Waals surface area contributed by atoms with E-state index in [-0.39, 0.29) is 0 Å². The molecule has 3 nitrogen and oxygen atoms in total. The van der Waals surface area contributed by atoms with Crippen LogP contribution in [0.3, 0.4) is 0 Å². The average Bonchev–Trinajstić information content (AvgIpc) is 2.28. The molecule has 0 aromatic carbocycles. The molecule has 0 atom stereocenters. The van der Waals surface area contributed by atoms with E-state index in [1.807, 2.05) is 7.05 Å². The van der Waals surface area contributed by atoms with Crippen molar-refractivity contribution < 1.29 is 0 Å². The summed E-state index contributed by atoms with van der Waals surface area (Å²) in [7, 11) is 1.95. The SMILES string of the molecule is CCCc1nc2c(c(NC)n1)CCCC2. The molecule has 0 saturated carbocycles. The zero-order valence-corrected chi connectivity index (χ0v) is 9.64. The summed E-state index contributed by atoms with van der Waals surface area (Å²) in [6, 6.07) is 0. The van der Waals surface area contributed by atoms with Crippen LogP contribution in [0.2, 0.25) is 0 Å². The lowest BCUT2D eigenvalue weighted by Gasteiger charge is -2.18. The van der Waals surface area contributed by atoms with E-state index in [4.69, 9.17) is 0 Å². The molecule has 1 N–H and O–H groups in total. The normalized spacial score (nSPS) is 14.8. The van der Waals surface area contributed by atoms with E-state index >= 15 is 0 Å². The second kappa shape index (κ2) is 4.60. The molecule has 82 valence electrons. The van der Waals surface area contributed by atoms with Crippen LogP contribution in [0, 0.1) is 0 Å². The molecule has 0 aliphatic heterocycles. The highest BCUT2D eigenvalue weighted by Gasteiger charge is 2.16. The Kier molecular flexibility index (Phi) is 3.19. The number of anilines is 1. The maximum absolute atomic E-state index is 4.66.